The molecule has 0 aliphatic carbocycles. The number of likely N-dealkylation sites (tertiary alicyclic amines) is 1. The number of guanidine groups is 1. The molecule has 0 saturated carbocycles. The number of nitrogen functional groups attached to an aromatic ring is 1. The van der Waals surface area contributed by atoms with Crippen molar-refractivity contribution in [2.75, 3.05) is 56.6 Å². The van der Waals surface area contributed by atoms with Crippen molar-refractivity contribution in [3.63, 3.8) is 0 Å². The minimum atomic E-state index is -1.78. The van der Waals surface area contributed by atoms with Crippen LogP contribution in [0.4, 0.5) is 10.8 Å². The minimum Gasteiger partial charge on any atom is -0.503 e. The number of fused-ring (bicyclic) bond motifs is 1. The van der Waals surface area contributed by atoms with Gasteiger partial charge in [-0.1, -0.05) is 16.8 Å². The van der Waals surface area contributed by atoms with E-state index in [1.54, 1.807) is 6.07 Å². The highest BCUT2D eigenvalue weighted by atomic mass is 35.5. The molecule has 2 amide bonds. The molecular weight excluding hydrogens is 742 g/mol. The highest BCUT2D eigenvalue weighted by Gasteiger charge is 2.55. The van der Waals surface area contributed by atoms with Gasteiger partial charge in [-0.2, -0.15) is 0 Å². The van der Waals surface area contributed by atoms with Gasteiger partial charge in [-0.3, -0.25) is 14.5 Å². The Balaban J connectivity index is 1.29. The minimum absolute atomic E-state index is 0.0138. The lowest BCUT2D eigenvalue weighted by atomic mass is 10.0. The van der Waals surface area contributed by atoms with Crippen molar-refractivity contribution >= 4 is 80.9 Å². The van der Waals surface area contributed by atoms with E-state index in [9.17, 15) is 34.5 Å². The Labute approximate surface area is 311 Å². The lowest BCUT2D eigenvalue weighted by molar-refractivity contribution is -0.910. The van der Waals surface area contributed by atoms with E-state index in [2.05, 4.69) is 25.8 Å². The van der Waals surface area contributed by atoms with Gasteiger partial charge in [0.05, 0.1) is 39.0 Å². The zero-order valence-corrected chi connectivity index (χ0v) is 30.8. The number of nitrogens with one attached hydrogen (secondary N) is 2. The van der Waals surface area contributed by atoms with E-state index in [0.717, 1.165) is 37.3 Å². The number of thioether (sulfide) groups is 1. The number of rotatable bonds is 14. The number of hydrogen-bond donors (Lipinski definition) is 7. The van der Waals surface area contributed by atoms with Crippen LogP contribution in [0, 0.1) is 0 Å². The lowest BCUT2D eigenvalue weighted by Gasteiger charge is -2.50. The molecule has 0 spiro atoms. The van der Waals surface area contributed by atoms with E-state index in [4.69, 9.17) is 32.6 Å². The molecule has 3 aliphatic rings. The Morgan fingerprint density at radius 3 is 2.56 bits per heavy atom. The number of β-lactam (4-membered cyclic amide) rings is 1. The van der Waals surface area contributed by atoms with Crippen LogP contribution in [0.15, 0.2) is 38.9 Å². The molecule has 4 heterocycles. The molecule has 0 unspecified atom stereocenters. The normalized spacial score (nSPS) is 20.2. The Morgan fingerprint density at radius 2 is 1.94 bits per heavy atom. The maximum atomic E-state index is 13.5. The number of aromatic hydroxyl groups is 1. The summed E-state index contributed by atoms with van der Waals surface area (Å²) in [5.74, 6) is -3.74. The van der Waals surface area contributed by atoms with E-state index < -0.39 is 46.5 Å². The number of thiazole rings is 1. The first-order valence-electron chi connectivity index (χ1n) is 16.0. The number of hydrogen-bond acceptors (Lipinski definition) is 13. The number of oxime groups is 1. The Morgan fingerprint density at radius 1 is 1.23 bits per heavy atom. The number of aromatic nitrogens is 1. The van der Waals surface area contributed by atoms with Crippen LogP contribution < -0.4 is 26.8 Å². The lowest BCUT2D eigenvalue weighted by Crippen LogP contribution is -2.71. The maximum Gasteiger partial charge on any atom is 0.352 e. The summed E-state index contributed by atoms with van der Waals surface area (Å²) < 4.78 is 5.60. The summed E-state index contributed by atoms with van der Waals surface area (Å²) in [5.41, 5.74) is 10.5. The van der Waals surface area contributed by atoms with Gasteiger partial charge in [0.25, 0.3) is 11.8 Å². The molecule has 280 valence electrons. The van der Waals surface area contributed by atoms with Crippen molar-refractivity contribution in [1.82, 2.24) is 15.2 Å². The molecule has 3 aliphatic heterocycles. The number of halogens is 1. The van der Waals surface area contributed by atoms with Gasteiger partial charge in [0.2, 0.25) is 5.60 Å². The van der Waals surface area contributed by atoms with E-state index in [0.29, 0.717) is 41.1 Å². The van der Waals surface area contributed by atoms with Crippen LogP contribution in [-0.4, -0.2) is 128 Å². The third kappa shape index (κ3) is 7.98. The van der Waals surface area contributed by atoms with Gasteiger partial charge in [-0.15, -0.1) is 23.1 Å². The number of carboxylic acid groups (broad SMARTS) is 2. The number of methoxy groups -OCH3 is 1. The number of anilines is 2. The second kappa shape index (κ2) is 15.4. The summed E-state index contributed by atoms with van der Waals surface area (Å²) in [6.07, 6.45) is 1.87. The molecule has 9 N–H and O–H groups in total. The monoisotopic (exact) mass is 780 g/mol. The van der Waals surface area contributed by atoms with Crippen molar-refractivity contribution in [2.24, 2.45) is 15.9 Å². The van der Waals surface area contributed by atoms with E-state index in [-0.39, 0.29) is 39.0 Å². The van der Waals surface area contributed by atoms with Gasteiger partial charge >= 0.3 is 11.9 Å². The number of carbonyl (C=O) groups is 4. The van der Waals surface area contributed by atoms with Gasteiger partial charge in [0.1, 0.15) is 34.4 Å². The number of ether oxygens (including phenoxy) is 1. The summed E-state index contributed by atoms with van der Waals surface area (Å²) in [6, 6.07) is 2.04. The highest BCUT2D eigenvalue weighted by molar-refractivity contribution is 8.00. The number of amides is 2. The number of phenols is 1. The topological polar surface area (TPSA) is 264 Å². The fourth-order valence-electron chi connectivity index (χ4n) is 6.05. The van der Waals surface area contributed by atoms with Crippen molar-refractivity contribution in [3.05, 3.63) is 39.5 Å². The van der Waals surface area contributed by atoms with Crippen molar-refractivity contribution in [1.29, 1.82) is 0 Å². The van der Waals surface area contributed by atoms with Crippen LogP contribution in [0.2, 0.25) is 5.02 Å². The molecule has 21 heteroatoms. The number of aliphatic imine (C=N–C) groups is 1. The average Bonchev–Trinajstić information content (AvgIpc) is 3.74. The van der Waals surface area contributed by atoms with Gasteiger partial charge in [0.15, 0.2) is 28.3 Å². The first kappa shape index (κ1) is 38.4. The van der Waals surface area contributed by atoms with Crippen molar-refractivity contribution in [3.8, 4) is 11.5 Å². The number of aliphatic carboxylic acids is 2. The molecule has 2 atom stereocenters. The molecule has 18 nitrogen and oxygen atoms in total. The smallest absolute Gasteiger partial charge is 0.352 e. The number of nitrogens with zero attached hydrogens (tertiary/aromatic N) is 5. The number of benzene rings is 1. The Hall–Kier alpha value is -4.79. The van der Waals surface area contributed by atoms with Crippen LogP contribution in [0.25, 0.3) is 0 Å². The predicted octanol–water partition coefficient (Wildman–Crippen LogP) is 1.45. The number of carboxylic acids is 2. The second-order valence-electron chi connectivity index (χ2n) is 12.8. The molecular formula is C31H39ClN9O9S2+. The molecule has 1 aromatic carbocycles. The molecule has 0 bridgehead atoms. The van der Waals surface area contributed by atoms with Gasteiger partial charge in [0, 0.05) is 29.5 Å². The van der Waals surface area contributed by atoms with Crippen LogP contribution >= 0.6 is 34.7 Å². The molecule has 2 saturated heterocycles. The summed E-state index contributed by atoms with van der Waals surface area (Å²) >= 11 is 8.58. The third-order valence-corrected chi connectivity index (χ3v) is 11.3. The van der Waals surface area contributed by atoms with Gasteiger partial charge < -0.3 is 51.5 Å². The Kier molecular flexibility index (Phi) is 11.4. The molecule has 5 rings (SSSR count). The summed E-state index contributed by atoms with van der Waals surface area (Å²) in [5, 5.41) is 40.0. The summed E-state index contributed by atoms with van der Waals surface area (Å²) in [6.45, 7) is 5.28. The van der Waals surface area contributed by atoms with Crippen LogP contribution in [0.1, 0.15) is 32.4 Å². The molecule has 2 aromatic rings. The molecule has 52 heavy (non-hydrogen) atoms. The van der Waals surface area contributed by atoms with Crippen molar-refractivity contribution in [2.45, 2.75) is 43.7 Å². The number of nitrogens with two attached hydrogens (primary N) is 2. The average molecular weight is 781 g/mol. The zero-order chi connectivity index (χ0) is 38.0. The molecule has 1 aromatic heterocycles. The van der Waals surface area contributed by atoms with E-state index in [1.807, 2.05) is 0 Å². The van der Waals surface area contributed by atoms with Gasteiger partial charge in [-0.05, 0) is 26.0 Å². The predicted molar refractivity (Wildman–Crippen MR) is 194 cm³/mol. The SMILES string of the molecule is COc1ccc(NC(N)=NCC[N+]2(CC3=C(C(=O)O)N4C(=O)[C@@H](NC(=O)/C(=N\OC(C)(C)C(=O)O)c5csc(N)n5)[C@H]4SC3)CCCC2)c(Cl)c1O. The quantitative estimate of drug-likeness (QED) is 0.0471. The van der Waals surface area contributed by atoms with Crippen LogP contribution in [-0.2, 0) is 24.0 Å². The van der Waals surface area contributed by atoms with E-state index >= 15 is 0 Å². The highest BCUT2D eigenvalue weighted by Crippen LogP contribution is 2.42. The first-order chi connectivity index (χ1) is 24.6. The second-order valence-corrected chi connectivity index (χ2v) is 15.2. The number of quaternary nitrogens is 1. The zero-order valence-electron chi connectivity index (χ0n) is 28.4. The van der Waals surface area contributed by atoms with Crippen LogP contribution in [0.5, 0.6) is 11.5 Å². The number of phenolic OH excluding ortho intramolecular Hbond substituents is 1. The summed E-state index contributed by atoms with van der Waals surface area (Å²) in [7, 11) is 1.41. The summed E-state index contributed by atoms with van der Waals surface area (Å²) in [4.78, 5) is 65.9. The molecule has 0 radical (unpaired) electrons. The first-order valence-corrected chi connectivity index (χ1v) is 18.3. The van der Waals surface area contributed by atoms with Crippen molar-refractivity contribution < 1.29 is 48.6 Å². The number of carbonyl (C=O) groups excluding carboxylic acids is 2. The fraction of sp³-hybridized carbons (Fsp3) is 0.452. The third-order valence-electron chi connectivity index (χ3n) is 8.86. The van der Waals surface area contributed by atoms with Gasteiger partial charge in [-0.25, -0.2) is 19.6 Å². The largest absolute Gasteiger partial charge is 0.503 e. The maximum absolute atomic E-state index is 13.5. The Bertz CT molecular complexity index is 1860. The fourth-order valence-corrected chi connectivity index (χ4v) is 8.14. The van der Waals surface area contributed by atoms with Crippen LogP contribution in [0.3, 0.4) is 0 Å². The standard InChI is InChI=1S/C31H38ClN9O9S2/c1-31(2,28(47)48)50-39-20(17-14-52-30(34)37-17)24(43)38-21-25(44)40-22(27(45)46)15(13-51-26(21)40)12-41(9-4-5-10-41)11-8-35-29(33)36-16-6-7-18(49-3)23(42)19(16)32/h6-7,14,21,26H,4-5,8-13H2,1-3H3,(H8-,33,34,35,36,37,38,42,43,45,46,47,48)/p+1/b39-20-/t21-,26-/m1/s1. The molecule has 2 fully saturated rings. The van der Waals surface area contributed by atoms with E-state index in [1.165, 1.54) is 49.1 Å².